The van der Waals surface area contributed by atoms with E-state index in [1.165, 1.54) is 5.56 Å². The van der Waals surface area contributed by atoms with Crippen molar-refractivity contribution in [1.82, 2.24) is 10.6 Å². The van der Waals surface area contributed by atoms with Crippen molar-refractivity contribution in [1.29, 1.82) is 0 Å². The Morgan fingerprint density at radius 3 is 2.45 bits per heavy atom. The van der Waals surface area contributed by atoms with Crippen molar-refractivity contribution in [3.05, 3.63) is 29.3 Å². The molecular formula is C16H28IN3O2. The molecule has 1 aromatic carbocycles. The Hall–Kier alpha value is -1.02. The molecule has 0 atom stereocenters. The number of hydrogen-bond donors (Lipinski definition) is 2. The maximum absolute atomic E-state index is 5.40. The number of nitrogens with zero attached hydrogens (tertiary/aromatic N) is 1. The van der Waals surface area contributed by atoms with Crippen LogP contribution in [0.25, 0.3) is 0 Å². The Kier molecular flexibility index (Phi) is 9.43. The van der Waals surface area contributed by atoms with Crippen LogP contribution in [0.4, 0.5) is 0 Å². The monoisotopic (exact) mass is 421 g/mol. The van der Waals surface area contributed by atoms with E-state index in [1.54, 1.807) is 21.3 Å². The Morgan fingerprint density at radius 1 is 1.23 bits per heavy atom. The fourth-order valence-corrected chi connectivity index (χ4v) is 1.77. The van der Waals surface area contributed by atoms with E-state index in [-0.39, 0.29) is 29.6 Å². The Bertz CT molecular complexity index is 490. The molecule has 0 aliphatic heterocycles. The zero-order valence-electron chi connectivity index (χ0n) is 14.3. The number of ether oxygens (including phenoxy) is 2. The van der Waals surface area contributed by atoms with Crippen LogP contribution in [-0.2, 0) is 11.3 Å². The van der Waals surface area contributed by atoms with Crippen LogP contribution in [0, 0.1) is 6.92 Å². The van der Waals surface area contributed by atoms with Gasteiger partial charge in [-0.1, -0.05) is 12.1 Å². The molecule has 2 N–H and O–H groups in total. The molecule has 0 unspecified atom stereocenters. The van der Waals surface area contributed by atoms with Gasteiger partial charge < -0.3 is 20.1 Å². The molecular weight excluding hydrogens is 393 g/mol. The van der Waals surface area contributed by atoms with Crippen molar-refractivity contribution in [2.24, 2.45) is 4.99 Å². The van der Waals surface area contributed by atoms with Gasteiger partial charge in [0.15, 0.2) is 5.96 Å². The Morgan fingerprint density at radius 2 is 1.91 bits per heavy atom. The van der Waals surface area contributed by atoms with Gasteiger partial charge in [0.1, 0.15) is 5.75 Å². The third-order valence-electron chi connectivity index (χ3n) is 3.35. The first-order chi connectivity index (χ1) is 9.91. The summed E-state index contributed by atoms with van der Waals surface area (Å²) in [6.07, 6.45) is 0. The van der Waals surface area contributed by atoms with E-state index in [1.807, 2.05) is 26.8 Å². The van der Waals surface area contributed by atoms with E-state index in [9.17, 15) is 0 Å². The van der Waals surface area contributed by atoms with Crippen LogP contribution < -0.4 is 15.4 Å². The predicted molar refractivity (Wildman–Crippen MR) is 102 cm³/mol. The molecule has 22 heavy (non-hydrogen) atoms. The first-order valence-electron chi connectivity index (χ1n) is 7.05. The number of benzene rings is 1. The number of hydrogen-bond acceptors (Lipinski definition) is 3. The minimum Gasteiger partial charge on any atom is -0.496 e. The van der Waals surface area contributed by atoms with E-state index in [4.69, 9.17) is 9.47 Å². The highest BCUT2D eigenvalue weighted by Crippen LogP contribution is 2.19. The molecule has 5 nitrogen and oxygen atoms in total. The van der Waals surface area contributed by atoms with Crippen molar-refractivity contribution in [2.75, 3.05) is 27.8 Å². The zero-order valence-corrected chi connectivity index (χ0v) is 16.6. The molecule has 6 heteroatoms. The number of aryl methyl sites for hydroxylation is 1. The predicted octanol–water partition coefficient (Wildman–Crippen LogP) is 2.71. The van der Waals surface area contributed by atoms with Crippen molar-refractivity contribution in [3.63, 3.8) is 0 Å². The number of rotatable bonds is 6. The molecule has 0 saturated carbocycles. The minimum absolute atomic E-state index is 0. The molecule has 0 saturated heterocycles. The first kappa shape index (κ1) is 21.0. The molecule has 0 amide bonds. The summed E-state index contributed by atoms with van der Waals surface area (Å²) >= 11 is 0. The number of aliphatic imine (C=N–C) groups is 1. The van der Waals surface area contributed by atoms with E-state index >= 15 is 0 Å². The van der Waals surface area contributed by atoms with Gasteiger partial charge in [-0.15, -0.1) is 24.0 Å². The molecule has 0 heterocycles. The number of halogens is 1. The summed E-state index contributed by atoms with van der Waals surface area (Å²) in [7, 11) is 5.14. The third kappa shape index (κ3) is 6.83. The van der Waals surface area contributed by atoms with Gasteiger partial charge in [-0.05, 0) is 32.4 Å². The average Bonchev–Trinajstić information content (AvgIpc) is 2.48. The number of guanidine groups is 1. The summed E-state index contributed by atoms with van der Waals surface area (Å²) < 4.78 is 10.8. The molecule has 1 aromatic rings. The normalized spacial score (nSPS) is 11.6. The van der Waals surface area contributed by atoms with Crippen molar-refractivity contribution in [2.45, 2.75) is 32.9 Å². The van der Waals surface area contributed by atoms with Crippen LogP contribution >= 0.6 is 24.0 Å². The highest BCUT2D eigenvalue weighted by atomic mass is 127. The lowest BCUT2D eigenvalue weighted by Gasteiger charge is -2.24. The molecule has 0 aliphatic rings. The van der Waals surface area contributed by atoms with Gasteiger partial charge in [-0.25, -0.2) is 0 Å². The van der Waals surface area contributed by atoms with Crippen LogP contribution in [0.2, 0.25) is 0 Å². The molecule has 0 spiro atoms. The van der Waals surface area contributed by atoms with E-state index in [0.29, 0.717) is 13.1 Å². The molecule has 126 valence electrons. The third-order valence-corrected chi connectivity index (χ3v) is 3.35. The lowest BCUT2D eigenvalue weighted by atomic mass is 10.1. The van der Waals surface area contributed by atoms with Crippen molar-refractivity contribution in [3.8, 4) is 5.75 Å². The van der Waals surface area contributed by atoms with E-state index < -0.39 is 0 Å². The molecule has 0 bridgehead atoms. The van der Waals surface area contributed by atoms with Crippen LogP contribution in [0.5, 0.6) is 5.75 Å². The second kappa shape index (κ2) is 9.89. The Labute approximate surface area is 150 Å². The van der Waals surface area contributed by atoms with Crippen LogP contribution in [-0.4, -0.2) is 39.4 Å². The second-order valence-corrected chi connectivity index (χ2v) is 5.56. The molecule has 0 radical (unpaired) electrons. The standard InChI is InChI=1S/C16H27N3O2.HI/c1-12-7-8-13(14(9-12)20-5)10-18-15(17-4)19-11-16(2,3)21-6;/h7-9H,10-11H2,1-6H3,(H2,17,18,19);1H. The average molecular weight is 421 g/mol. The van der Waals surface area contributed by atoms with Gasteiger partial charge in [-0.2, -0.15) is 0 Å². The van der Waals surface area contributed by atoms with Crippen molar-refractivity contribution >= 4 is 29.9 Å². The van der Waals surface area contributed by atoms with Crippen LogP contribution in [0.1, 0.15) is 25.0 Å². The van der Waals surface area contributed by atoms with Crippen LogP contribution in [0.3, 0.4) is 0 Å². The largest absolute Gasteiger partial charge is 0.496 e. The fraction of sp³-hybridized carbons (Fsp3) is 0.562. The number of methoxy groups -OCH3 is 2. The first-order valence-corrected chi connectivity index (χ1v) is 7.05. The molecule has 0 aliphatic carbocycles. The SMILES string of the molecule is CN=C(NCc1ccc(C)cc1OC)NCC(C)(C)OC.I. The van der Waals surface area contributed by atoms with Gasteiger partial charge in [0.25, 0.3) is 0 Å². The topological polar surface area (TPSA) is 54.9 Å². The van der Waals surface area contributed by atoms with E-state index in [0.717, 1.165) is 17.3 Å². The van der Waals surface area contributed by atoms with Gasteiger partial charge in [-0.3, -0.25) is 4.99 Å². The Balaban J connectivity index is 0.00000441. The quantitative estimate of drug-likeness (QED) is 0.422. The summed E-state index contributed by atoms with van der Waals surface area (Å²) in [6, 6.07) is 6.17. The van der Waals surface area contributed by atoms with Crippen LogP contribution in [0.15, 0.2) is 23.2 Å². The molecule has 1 rings (SSSR count). The summed E-state index contributed by atoms with van der Waals surface area (Å²) in [5, 5.41) is 6.53. The maximum Gasteiger partial charge on any atom is 0.191 e. The van der Waals surface area contributed by atoms with E-state index in [2.05, 4.69) is 27.8 Å². The van der Waals surface area contributed by atoms with Gasteiger partial charge >= 0.3 is 0 Å². The highest BCUT2D eigenvalue weighted by Gasteiger charge is 2.16. The van der Waals surface area contributed by atoms with Crippen molar-refractivity contribution < 1.29 is 9.47 Å². The fourth-order valence-electron chi connectivity index (χ4n) is 1.77. The lowest BCUT2D eigenvalue weighted by molar-refractivity contribution is 0.0268. The lowest BCUT2D eigenvalue weighted by Crippen LogP contribution is -2.45. The summed E-state index contributed by atoms with van der Waals surface area (Å²) in [5.41, 5.74) is 2.04. The molecule has 0 fully saturated rings. The second-order valence-electron chi connectivity index (χ2n) is 5.56. The van der Waals surface area contributed by atoms with Gasteiger partial charge in [0.2, 0.25) is 0 Å². The smallest absolute Gasteiger partial charge is 0.191 e. The summed E-state index contributed by atoms with van der Waals surface area (Å²) in [4.78, 5) is 4.21. The molecule has 0 aromatic heterocycles. The van der Waals surface area contributed by atoms with Gasteiger partial charge in [0, 0.05) is 32.8 Å². The summed E-state index contributed by atoms with van der Waals surface area (Å²) in [6.45, 7) is 7.42. The number of nitrogens with one attached hydrogen (secondary N) is 2. The van der Waals surface area contributed by atoms with Gasteiger partial charge in [0.05, 0.1) is 12.7 Å². The highest BCUT2D eigenvalue weighted by molar-refractivity contribution is 14.0. The summed E-state index contributed by atoms with van der Waals surface area (Å²) in [5.74, 6) is 1.62. The zero-order chi connectivity index (χ0) is 15.9. The minimum atomic E-state index is -0.237. The maximum atomic E-state index is 5.40.